The van der Waals surface area contributed by atoms with Gasteiger partial charge in [0.05, 0.1) is 0 Å². The fraction of sp³-hybridized carbons (Fsp3) is 0.250. The number of fused-ring (bicyclic) bond motifs is 2. The molecule has 144 valence electrons. The molecule has 0 atom stereocenters. The molecule has 0 fully saturated rings. The molecule has 0 amide bonds. The topological polar surface area (TPSA) is 0 Å². The average Bonchev–Trinajstić information content (AvgIpc) is 3.22. The van der Waals surface area contributed by atoms with E-state index in [1.165, 1.54) is 60.6 Å². The first kappa shape index (κ1) is 25.6. The zero-order valence-corrected chi connectivity index (χ0v) is 21.9. The SMILES string of the molecule is CCP(c1cc2c(C)ccc(C)c2[cH-]1)c1cc2c(C)ccc(C)c2[cH-]1.[Cl-].[Cl-].[Zr+4]. The third-order valence-electron chi connectivity index (χ3n) is 5.55. The van der Waals surface area contributed by atoms with Gasteiger partial charge in [-0.05, 0) is 20.0 Å². The van der Waals surface area contributed by atoms with Gasteiger partial charge in [-0.25, -0.2) is 0 Å². The molecule has 0 unspecified atom stereocenters. The van der Waals surface area contributed by atoms with E-state index in [1.54, 1.807) is 0 Å². The average molecular weight is 507 g/mol. The Morgan fingerprint density at radius 1 is 0.679 bits per heavy atom. The van der Waals surface area contributed by atoms with E-state index < -0.39 is 0 Å². The molecule has 0 spiro atoms. The van der Waals surface area contributed by atoms with E-state index in [4.69, 9.17) is 0 Å². The Morgan fingerprint density at radius 2 is 1.04 bits per heavy atom. The van der Waals surface area contributed by atoms with E-state index in [0.29, 0.717) is 0 Å². The van der Waals surface area contributed by atoms with Gasteiger partial charge in [0.15, 0.2) is 0 Å². The van der Waals surface area contributed by atoms with Crippen LogP contribution in [0.4, 0.5) is 0 Å². The van der Waals surface area contributed by atoms with Crippen LogP contribution in [0.2, 0.25) is 0 Å². The summed E-state index contributed by atoms with van der Waals surface area (Å²) in [7, 11) is -0.292. The Kier molecular flexibility index (Phi) is 9.18. The monoisotopic (exact) mass is 504 g/mol. The first-order valence-electron chi connectivity index (χ1n) is 9.10. The van der Waals surface area contributed by atoms with Crippen LogP contribution in [0.1, 0.15) is 29.2 Å². The number of aryl methyl sites for hydroxylation is 4. The fourth-order valence-corrected chi connectivity index (χ4v) is 6.14. The molecule has 0 radical (unpaired) electrons. The van der Waals surface area contributed by atoms with Crippen molar-refractivity contribution >= 4 is 40.1 Å². The molecule has 0 bridgehead atoms. The quantitative estimate of drug-likeness (QED) is 0.274. The molecule has 0 aromatic heterocycles. The standard InChI is InChI=1S/C24H25P.2ClH.Zr/c1-6-25(19-11-21-15(2)7-8-16(3)22(21)12-19)20-13-23-17(4)9-10-18(5)24(23)14-20;;;/h7-14H,6H2,1-5H3;2*1H;/q-2;;;+4/p-2. The third kappa shape index (κ3) is 4.34. The Bertz CT molecular complexity index is 927. The number of hydrogen-bond acceptors (Lipinski definition) is 0. The summed E-state index contributed by atoms with van der Waals surface area (Å²) < 4.78 is 0. The van der Waals surface area contributed by atoms with Crippen LogP contribution in [0, 0.1) is 27.7 Å². The maximum Gasteiger partial charge on any atom is 4.00 e. The van der Waals surface area contributed by atoms with Crippen molar-refractivity contribution < 1.29 is 51.0 Å². The molecular formula is C24H25Cl2PZr. The van der Waals surface area contributed by atoms with Crippen LogP contribution < -0.4 is 35.4 Å². The van der Waals surface area contributed by atoms with Gasteiger partial charge in [-0.1, -0.05) is 52.0 Å². The van der Waals surface area contributed by atoms with E-state index in [-0.39, 0.29) is 58.9 Å². The van der Waals surface area contributed by atoms with Crippen molar-refractivity contribution in [3.8, 4) is 0 Å². The number of halogens is 2. The van der Waals surface area contributed by atoms with Crippen LogP contribution in [-0.2, 0) is 26.2 Å². The molecule has 0 heterocycles. The Balaban J connectivity index is 0.00000131. The normalized spacial score (nSPS) is 10.6. The van der Waals surface area contributed by atoms with Crippen LogP contribution in [0.25, 0.3) is 21.5 Å². The molecule has 4 aromatic carbocycles. The third-order valence-corrected chi connectivity index (χ3v) is 7.95. The number of benzene rings is 2. The van der Waals surface area contributed by atoms with Crippen LogP contribution >= 0.6 is 7.92 Å². The smallest absolute Gasteiger partial charge is 1.00 e. The van der Waals surface area contributed by atoms with Gasteiger partial charge in [-0.15, -0.1) is 67.5 Å². The maximum atomic E-state index is 2.45. The summed E-state index contributed by atoms with van der Waals surface area (Å²) >= 11 is 0. The van der Waals surface area contributed by atoms with E-state index in [2.05, 4.69) is 83.1 Å². The summed E-state index contributed by atoms with van der Waals surface area (Å²) in [6, 6.07) is 18.8. The Hall–Kier alpha value is -0.447. The molecule has 4 aromatic rings. The fourth-order valence-electron chi connectivity index (χ4n) is 3.98. The summed E-state index contributed by atoms with van der Waals surface area (Å²) in [6.45, 7) is 11.2. The zero-order valence-electron chi connectivity index (χ0n) is 17.0. The van der Waals surface area contributed by atoms with Gasteiger partial charge in [0.25, 0.3) is 0 Å². The van der Waals surface area contributed by atoms with E-state index in [1.807, 2.05) is 0 Å². The minimum absolute atomic E-state index is 0. The van der Waals surface area contributed by atoms with Gasteiger partial charge < -0.3 is 24.8 Å². The molecule has 28 heavy (non-hydrogen) atoms. The minimum Gasteiger partial charge on any atom is -1.00 e. The predicted molar refractivity (Wildman–Crippen MR) is 115 cm³/mol. The van der Waals surface area contributed by atoms with Crippen molar-refractivity contribution in [3.05, 3.63) is 70.8 Å². The first-order valence-corrected chi connectivity index (χ1v) is 10.6. The van der Waals surface area contributed by atoms with Crippen LogP contribution in [0.15, 0.2) is 48.5 Å². The van der Waals surface area contributed by atoms with Gasteiger partial charge in [0.1, 0.15) is 0 Å². The molecule has 4 rings (SSSR count). The number of rotatable bonds is 3. The Labute approximate surface area is 201 Å². The number of hydrogen-bond donors (Lipinski definition) is 0. The van der Waals surface area contributed by atoms with Crippen molar-refractivity contribution in [3.63, 3.8) is 0 Å². The summed E-state index contributed by atoms with van der Waals surface area (Å²) in [6.07, 6.45) is 1.19. The van der Waals surface area contributed by atoms with Crippen molar-refractivity contribution in [2.24, 2.45) is 0 Å². The van der Waals surface area contributed by atoms with Crippen molar-refractivity contribution in [2.75, 3.05) is 6.16 Å². The molecule has 4 heteroatoms. The van der Waals surface area contributed by atoms with Gasteiger partial charge in [-0.3, -0.25) is 0 Å². The van der Waals surface area contributed by atoms with Crippen molar-refractivity contribution in [1.29, 1.82) is 0 Å². The molecular weight excluding hydrogens is 481 g/mol. The largest absolute Gasteiger partial charge is 4.00 e. The van der Waals surface area contributed by atoms with E-state index in [0.717, 1.165) is 0 Å². The van der Waals surface area contributed by atoms with Crippen molar-refractivity contribution in [2.45, 2.75) is 34.6 Å². The van der Waals surface area contributed by atoms with Gasteiger partial charge in [0.2, 0.25) is 0 Å². The maximum absolute atomic E-state index is 2.45. The Morgan fingerprint density at radius 3 is 1.36 bits per heavy atom. The van der Waals surface area contributed by atoms with Gasteiger partial charge in [0, 0.05) is 0 Å². The second-order valence-electron chi connectivity index (χ2n) is 7.22. The first-order chi connectivity index (χ1) is 12.0. The molecule has 0 saturated heterocycles. The summed E-state index contributed by atoms with van der Waals surface area (Å²) in [5.74, 6) is 0. The van der Waals surface area contributed by atoms with E-state index >= 15 is 0 Å². The molecule has 0 aliphatic heterocycles. The van der Waals surface area contributed by atoms with E-state index in [9.17, 15) is 0 Å². The minimum atomic E-state index is -0.292. The summed E-state index contributed by atoms with van der Waals surface area (Å²) in [5.41, 5.74) is 5.55. The molecule has 0 N–H and O–H groups in total. The van der Waals surface area contributed by atoms with Crippen molar-refractivity contribution in [1.82, 2.24) is 0 Å². The molecule has 0 aliphatic rings. The summed E-state index contributed by atoms with van der Waals surface area (Å²) in [4.78, 5) is 0. The second-order valence-corrected chi connectivity index (χ2v) is 9.75. The molecule has 0 saturated carbocycles. The molecule has 0 nitrogen and oxygen atoms in total. The predicted octanol–water partition coefficient (Wildman–Crippen LogP) is 0.123. The van der Waals surface area contributed by atoms with Crippen LogP contribution in [0.3, 0.4) is 0 Å². The van der Waals surface area contributed by atoms with Gasteiger partial charge in [-0.2, -0.15) is 12.1 Å². The second kappa shape index (κ2) is 10.0. The summed E-state index contributed by atoms with van der Waals surface area (Å²) in [5, 5.41) is 8.77. The van der Waals surface area contributed by atoms with Gasteiger partial charge >= 0.3 is 26.2 Å². The zero-order chi connectivity index (χ0) is 17.7. The molecule has 0 aliphatic carbocycles. The van der Waals surface area contributed by atoms with Crippen LogP contribution in [-0.4, -0.2) is 6.16 Å². The van der Waals surface area contributed by atoms with Crippen LogP contribution in [0.5, 0.6) is 0 Å².